The summed E-state index contributed by atoms with van der Waals surface area (Å²) in [5.41, 5.74) is -0.881. The summed E-state index contributed by atoms with van der Waals surface area (Å²) in [5.74, 6) is -2.92. The molecule has 214 valence electrons. The first-order chi connectivity index (χ1) is 17.4. The average Bonchev–Trinajstić information content (AvgIpc) is 2.79. The summed E-state index contributed by atoms with van der Waals surface area (Å²) in [5, 5.41) is 7.42. The van der Waals surface area contributed by atoms with Crippen LogP contribution in [-0.4, -0.2) is 28.4 Å². The van der Waals surface area contributed by atoms with Crippen molar-refractivity contribution in [2.24, 2.45) is 5.92 Å². The summed E-state index contributed by atoms with van der Waals surface area (Å²) in [6, 6.07) is 7.59. The van der Waals surface area contributed by atoms with Gasteiger partial charge >= 0.3 is 12.4 Å². The summed E-state index contributed by atoms with van der Waals surface area (Å²) in [6.45, 7) is 7.81. The molecule has 0 bridgehead atoms. The second kappa shape index (κ2) is 13.9. The van der Waals surface area contributed by atoms with Crippen molar-refractivity contribution in [1.82, 2.24) is 4.90 Å². The van der Waals surface area contributed by atoms with E-state index >= 15 is 0 Å². The molecule has 38 heavy (non-hydrogen) atoms. The van der Waals surface area contributed by atoms with Gasteiger partial charge in [0.25, 0.3) is 11.9 Å². The van der Waals surface area contributed by atoms with E-state index in [1.807, 2.05) is 0 Å². The maximum absolute atomic E-state index is 14.0. The first kappa shape index (κ1) is 33.3. The molecular formula is C27H33F8NO2. The number of aliphatic carboxylic acids is 1. The third-order valence-electron chi connectivity index (χ3n) is 5.80. The lowest BCUT2D eigenvalue weighted by molar-refractivity contribution is -0.138. The van der Waals surface area contributed by atoms with Gasteiger partial charge in [-0.25, -0.2) is 8.78 Å². The van der Waals surface area contributed by atoms with Gasteiger partial charge < -0.3 is 5.11 Å². The van der Waals surface area contributed by atoms with E-state index in [4.69, 9.17) is 9.90 Å². The Bertz CT molecular complexity index is 980. The molecule has 1 N–H and O–H groups in total. The van der Waals surface area contributed by atoms with Gasteiger partial charge in [0.1, 0.15) is 0 Å². The fourth-order valence-corrected chi connectivity index (χ4v) is 3.42. The van der Waals surface area contributed by atoms with Gasteiger partial charge in [0, 0.05) is 38.9 Å². The fraction of sp³-hybridized carbons (Fsp3) is 0.519. The highest BCUT2D eigenvalue weighted by Crippen LogP contribution is 2.41. The number of carboxylic acids is 1. The van der Waals surface area contributed by atoms with Crippen LogP contribution in [-0.2, 0) is 23.7 Å². The predicted molar refractivity (Wildman–Crippen MR) is 129 cm³/mol. The zero-order chi connectivity index (χ0) is 29.3. The number of alkyl halides is 8. The summed E-state index contributed by atoms with van der Waals surface area (Å²) in [7, 11) is 0. The molecule has 1 saturated heterocycles. The van der Waals surface area contributed by atoms with E-state index in [-0.39, 0.29) is 13.1 Å². The van der Waals surface area contributed by atoms with Crippen molar-refractivity contribution in [3.8, 4) is 0 Å². The van der Waals surface area contributed by atoms with Gasteiger partial charge in [-0.05, 0) is 41.3 Å². The molecule has 1 aliphatic rings. The lowest BCUT2D eigenvalue weighted by Gasteiger charge is -2.39. The van der Waals surface area contributed by atoms with E-state index in [1.54, 1.807) is 4.90 Å². The lowest BCUT2D eigenvalue weighted by atomic mass is 9.91. The highest BCUT2D eigenvalue weighted by molar-refractivity contribution is 5.62. The van der Waals surface area contributed by atoms with Crippen LogP contribution in [0, 0.1) is 5.92 Å². The molecule has 0 amide bonds. The second-order valence-corrected chi connectivity index (χ2v) is 9.43. The van der Waals surface area contributed by atoms with Crippen molar-refractivity contribution in [3.05, 3.63) is 70.8 Å². The van der Waals surface area contributed by atoms with E-state index in [0.717, 1.165) is 37.1 Å². The number of nitrogens with zero attached hydrogens (tertiary/aromatic N) is 1. The van der Waals surface area contributed by atoms with Gasteiger partial charge in [-0.1, -0.05) is 51.5 Å². The Kier molecular flexibility index (Phi) is 12.2. The van der Waals surface area contributed by atoms with E-state index in [9.17, 15) is 35.1 Å². The van der Waals surface area contributed by atoms with Gasteiger partial charge in [0.2, 0.25) is 0 Å². The molecule has 0 saturated carbocycles. The highest BCUT2D eigenvalue weighted by atomic mass is 19.4. The third-order valence-corrected chi connectivity index (χ3v) is 5.80. The molecule has 0 spiro atoms. The fourth-order valence-electron chi connectivity index (χ4n) is 3.42. The summed E-state index contributed by atoms with van der Waals surface area (Å²) >= 11 is 0. The van der Waals surface area contributed by atoms with Crippen LogP contribution in [0.1, 0.15) is 75.3 Å². The molecule has 11 heteroatoms. The molecule has 1 heterocycles. The third kappa shape index (κ3) is 11.8. The Balaban J connectivity index is 0.000000694. The van der Waals surface area contributed by atoms with Crippen molar-refractivity contribution in [2.75, 3.05) is 6.54 Å². The second-order valence-electron chi connectivity index (χ2n) is 9.43. The zero-order valence-electron chi connectivity index (χ0n) is 21.6. The van der Waals surface area contributed by atoms with Crippen molar-refractivity contribution in [3.63, 3.8) is 0 Å². The van der Waals surface area contributed by atoms with Crippen LogP contribution in [0.2, 0.25) is 0 Å². The van der Waals surface area contributed by atoms with Gasteiger partial charge in [-0.2, -0.15) is 26.3 Å². The molecule has 0 aromatic heterocycles. The molecule has 0 radical (unpaired) electrons. The molecule has 3 rings (SSSR count). The van der Waals surface area contributed by atoms with Gasteiger partial charge in [-0.3, -0.25) is 9.69 Å². The SMILES string of the molecule is CC(=O)O.CCC(C)C.FC1(F)CCN(Cc2ccc(C(F)(F)F)cc2)C(c2ccc(C(F)(F)F)cc2)C1. The van der Waals surface area contributed by atoms with E-state index in [1.165, 1.54) is 30.7 Å². The van der Waals surface area contributed by atoms with Gasteiger partial charge in [0.05, 0.1) is 11.1 Å². The number of piperidine rings is 1. The lowest BCUT2D eigenvalue weighted by Crippen LogP contribution is -2.41. The molecular weight excluding hydrogens is 522 g/mol. The monoisotopic (exact) mass is 555 g/mol. The largest absolute Gasteiger partial charge is 0.481 e. The van der Waals surface area contributed by atoms with E-state index in [2.05, 4.69) is 20.8 Å². The number of hydrogen-bond acceptors (Lipinski definition) is 2. The Morgan fingerprint density at radius 2 is 1.34 bits per heavy atom. The normalized spacial score (nSPS) is 17.7. The molecule has 0 aliphatic carbocycles. The summed E-state index contributed by atoms with van der Waals surface area (Å²) in [4.78, 5) is 10.7. The predicted octanol–water partition coefficient (Wildman–Crippen LogP) is 8.84. The molecule has 1 fully saturated rings. The van der Waals surface area contributed by atoms with Crippen molar-refractivity contribution in [1.29, 1.82) is 0 Å². The number of benzene rings is 2. The van der Waals surface area contributed by atoms with Gasteiger partial charge in [-0.15, -0.1) is 0 Å². The maximum atomic E-state index is 14.0. The number of halogens is 8. The minimum absolute atomic E-state index is 0.0281. The highest BCUT2D eigenvalue weighted by Gasteiger charge is 2.41. The van der Waals surface area contributed by atoms with Crippen LogP contribution < -0.4 is 0 Å². The first-order valence-corrected chi connectivity index (χ1v) is 12.0. The Morgan fingerprint density at radius 3 is 1.71 bits per heavy atom. The zero-order valence-corrected chi connectivity index (χ0v) is 21.6. The number of likely N-dealkylation sites (tertiary alicyclic amines) is 1. The molecule has 1 aliphatic heterocycles. The van der Waals surface area contributed by atoms with Crippen LogP contribution in [0.25, 0.3) is 0 Å². The van der Waals surface area contributed by atoms with E-state index < -0.39 is 54.3 Å². The van der Waals surface area contributed by atoms with Crippen LogP contribution in [0.3, 0.4) is 0 Å². The maximum Gasteiger partial charge on any atom is 0.416 e. The topological polar surface area (TPSA) is 40.5 Å². The summed E-state index contributed by atoms with van der Waals surface area (Å²) < 4.78 is 104. The number of rotatable bonds is 4. The van der Waals surface area contributed by atoms with E-state index in [0.29, 0.717) is 11.1 Å². The Hall–Kier alpha value is -2.69. The standard InChI is InChI=1S/C20H17F8N.C5H12.C2H4O2/c21-18(22)9-10-29(12-13-1-5-15(6-2-13)19(23,24)25)17(11-18)14-3-7-16(8-4-14)20(26,27)28;1-4-5(2)3;1-2(3)4/h1-8,17H,9-12H2;5H,4H2,1-3H3;1H3,(H,3,4). The van der Waals surface area contributed by atoms with Crippen LogP contribution in [0.15, 0.2) is 48.5 Å². The number of carbonyl (C=O) groups is 1. The van der Waals surface area contributed by atoms with Crippen LogP contribution in [0.5, 0.6) is 0 Å². The summed E-state index contributed by atoms with van der Waals surface area (Å²) in [6.07, 6.45) is -8.70. The Morgan fingerprint density at radius 1 is 0.947 bits per heavy atom. The minimum Gasteiger partial charge on any atom is -0.481 e. The number of hydrogen-bond donors (Lipinski definition) is 1. The molecule has 1 atom stereocenters. The molecule has 2 aromatic carbocycles. The smallest absolute Gasteiger partial charge is 0.416 e. The quantitative estimate of drug-likeness (QED) is 0.383. The van der Waals surface area contributed by atoms with Crippen molar-refractivity contribution in [2.45, 2.75) is 77.8 Å². The van der Waals surface area contributed by atoms with Crippen molar-refractivity contribution < 1.29 is 45.0 Å². The van der Waals surface area contributed by atoms with Crippen LogP contribution >= 0.6 is 0 Å². The van der Waals surface area contributed by atoms with Crippen molar-refractivity contribution >= 4 is 5.97 Å². The molecule has 3 nitrogen and oxygen atoms in total. The molecule has 1 unspecified atom stereocenters. The average molecular weight is 556 g/mol. The number of carboxylic acid groups (broad SMARTS) is 1. The van der Waals surface area contributed by atoms with Gasteiger partial charge in [0.15, 0.2) is 0 Å². The van der Waals surface area contributed by atoms with Crippen LogP contribution in [0.4, 0.5) is 35.1 Å². The Labute approximate surface area is 217 Å². The minimum atomic E-state index is -4.53. The molecule has 2 aromatic rings. The first-order valence-electron chi connectivity index (χ1n) is 12.0.